The molecule has 3 N–H and O–H groups in total. The first-order valence-electron chi connectivity index (χ1n) is 9.37. The molecule has 0 radical (unpaired) electrons. The van der Waals surface area contributed by atoms with E-state index in [2.05, 4.69) is 10.3 Å². The number of ether oxygens (including phenoxy) is 1. The maximum Gasteiger partial charge on any atom is 0.331 e. The number of carbonyl (C=O) groups is 2. The molecule has 1 amide bonds. The number of nitrogens with two attached hydrogens (primary N) is 1. The molecule has 0 bridgehead atoms. The summed E-state index contributed by atoms with van der Waals surface area (Å²) in [6.07, 6.45) is 3.72. The quantitative estimate of drug-likeness (QED) is 0.821. The van der Waals surface area contributed by atoms with E-state index in [9.17, 15) is 9.59 Å². The molecule has 0 saturated heterocycles. The van der Waals surface area contributed by atoms with E-state index >= 15 is 0 Å². The van der Waals surface area contributed by atoms with Crippen molar-refractivity contribution < 1.29 is 15.7 Å². The zero-order chi connectivity index (χ0) is 19.7. The van der Waals surface area contributed by atoms with Crippen molar-refractivity contribution in [2.45, 2.75) is 44.6 Å². The largest absolute Gasteiger partial charge is 0.467 e. The Morgan fingerprint density at radius 1 is 1.31 bits per heavy atom. The number of nitrogen functional groups attached to an aromatic ring is 1. The van der Waals surface area contributed by atoms with Gasteiger partial charge in [-0.15, -0.1) is 0 Å². The van der Waals surface area contributed by atoms with Crippen LogP contribution in [0.15, 0.2) is 30.3 Å². The topological polar surface area (TPSA) is 94.3 Å². The van der Waals surface area contributed by atoms with Gasteiger partial charge in [0.25, 0.3) is 5.91 Å². The number of esters is 1. The Morgan fingerprint density at radius 3 is 2.69 bits per heavy atom. The fourth-order valence-electron chi connectivity index (χ4n) is 3.57. The fraction of sp³-hybridized carbons (Fsp3) is 0.450. The summed E-state index contributed by atoms with van der Waals surface area (Å²) in [5, 5.41) is 3.56. The highest BCUT2D eigenvalue weighted by Crippen LogP contribution is 2.34. The number of carbonyl (C=O) groups excluding carboxylic acids is 2. The van der Waals surface area contributed by atoms with Crippen LogP contribution in [0.2, 0.25) is 0 Å². The van der Waals surface area contributed by atoms with Crippen molar-refractivity contribution in [2.24, 2.45) is 5.89 Å². The van der Waals surface area contributed by atoms with E-state index in [4.69, 9.17) is 11.8 Å². The van der Waals surface area contributed by atoms with Crippen molar-refractivity contribution >= 4 is 28.5 Å². The predicted octanol–water partition coefficient (Wildman–Crippen LogP) is 3.06. The average Bonchev–Trinajstić information content (AvgIpc) is 2.67. The van der Waals surface area contributed by atoms with Gasteiger partial charge in [0.05, 0.1) is 18.3 Å². The maximum atomic E-state index is 13.0. The number of anilines is 1. The molecule has 1 aromatic carbocycles. The lowest BCUT2D eigenvalue weighted by Crippen LogP contribution is -2.58. The number of methoxy groups -OCH3 is 1. The molecule has 3 rings (SSSR count). The zero-order valence-electron chi connectivity index (χ0n) is 16.2. The zero-order valence-corrected chi connectivity index (χ0v) is 15.2. The molecule has 1 aliphatic carbocycles. The van der Waals surface area contributed by atoms with Gasteiger partial charge in [0.2, 0.25) is 0 Å². The summed E-state index contributed by atoms with van der Waals surface area (Å²) in [7, 11) is 1.27. The first kappa shape index (κ1) is 16.8. The van der Waals surface area contributed by atoms with Gasteiger partial charge >= 0.3 is 5.97 Å². The smallest absolute Gasteiger partial charge is 0.331 e. The molecule has 0 unspecified atom stereocenters. The van der Waals surface area contributed by atoms with Crippen LogP contribution in [0.3, 0.4) is 0 Å². The molecule has 1 aromatic heterocycles. The molecule has 0 aliphatic heterocycles. The molecule has 2 aromatic rings. The number of benzene rings is 1. The van der Waals surface area contributed by atoms with E-state index in [1.807, 2.05) is 18.2 Å². The van der Waals surface area contributed by atoms with E-state index in [1.165, 1.54) is 7.11 Å². The summed E-state index contributed by atoms with van der Waals surface area (Å²) in [6, 6.07) is 9.03. The highest BCUT2D eigenvalue weighted by molar-refractivity contribution is 6.02. The predicted molar refractivity (Wildman–Crippen MR) is 101 cm³/mol. The number of nitrogens with one attached hydrogen (secondary N) is 1. The number of aromatic nitrogens is 1. The van der Waals surface area contributed by atoms with Crippen LogP contribution in [0.25, 0.3) is 10.9 Å². The van der Waals surface area contributed by atoms with Gasteiger partial charge in [0.1, 0.15) is 5.54 Å². The summed E-state index contributed by atoms with van der Waals surface area (Å²) in [4.78, 5) is 29.9. The van der Waals surface area contributed by atoms with Crippen LogP contribution >= 0.6 is 0 Å². The lowest BCUT2D eigenvalue weighted by atomic mass is 9.75. The molecule has 0 spiro atoms. The van der Waals surface area contributed by atoms with Crippen molar-refractivity contribution in [3.63, 3.8) is 0 Å². The Kier molecular flexibility index (Phi) is 4.73. The van der Waals surface area contributed by atoms with Gasteiger partial charge in [-0.2, -0.15) is 0 Å². The molecule has 1 aliphatic rings. The van der Waals surface area contributed by atoms with Crippen LogP contribution in [0.5, 0.6) is 0 Å². The Hall–Kier alpha value is -2.63. The molecule has 1 saturated carbocycles. The SMILES string of the molecule is [2H]C1([C@@](C)(NC(=O)c2nc3ccccc3cc2N)C(=O)OC)CCCCC1. The summed E-state index contributed by atoms with van der Waals surface area (Å²) in [6.45, 7) is 1.56. The molecule has 26 heavy (non-hydrogen) atoms. The lowest BCUT2D eigenvalue weighted by molar-refractivity contribution is -0.150. The molecule has 6 nitrogen and oxygen atoms in total. The van der Waals surface area contributed by atoms with Gasteiger partial charge in [-0.3, -0.25) is 4.79 Å². The van der Waals surface area contributed by atoms with E-state index < -0.39 is 23.3 Å². The van der Waals surface area contributed by atoms with Crippen molar-refractivity contribution in [3.8, 4) is 0 Å². The molecular weight excluding hydrogens is 330 g/mol. The first-order chi connectivity index (χ1) is 12.8. The van der Waals surface area contributed by atoms with E-state index in [0.717, 1.165) is 24.6 Å². The highest BCUT2D eigenvalue weighted by atomic mass is 16.5. The molecule has 1 heterocycles. The van der Waals surface area contributed by atoms with Gasteiger partial charge in [-0.1, -0.05) is 37.5 Å². The standard InChI is InChI=1S/C20H25N3O3/c1-20(19(25)26-2,14-9-4-3-5-10-14)23-18(24)17-15(21)12-13-8-6-7-11-16(13)22-17/h6-8,11-12,14H,3-5,9-10,21H2,1-2H3,(H,23,24)/t20-/m1/s1/i14D. The van der Waals surface area contributed by atoms with E-state index in [0.29, 0.717) is 18.4 Å². The Bertz CT molecular complexity index is 880. The number of pyridine rings is 1. The number of fused-ring (bicyclic) bond motifs is 1. The minimum absolute atomic E-state index is 0.0447. The molecule has 1 atom stereocenters. The maximum absolute atomic E-state index is 13.0. The fourth-order valence-corrected chi connectivity index (χ4v) is 3.57. The average molecular weight is 356 g/mol. The summed E-state index contributed by atoms with van der Waals surface area (Å²) < 4.78 is 13.8. The monoisotopic (exact) mass is 356 g/mol. The van der Waals surface area contributed by atoms with Crippen molar-refractivity contribution in [3.05, 3.63) is 36.0 Å². The second-order valence-electron chi connectivity index (χ2n) is 6.85. The first-order valence-corrected chi connectivity index (χ1v) is 8.87. The number of amides is 1. The second kappa shape index (κ2) is 7.32. The third kappa shape index (κ3) is 3.36. The van der Waals surface area contributed by atoms with E-state index in [1.54, 1.807) is 19.1 Å². The Balaban J connectivity index is 1.98. The van der Waals surface area contributed by atoms with Crippen molar-refractivity contribution in [2.75, 3.05) is 12.8 Å². The summed E-state index contributed by atoms with van der Waals surface area (Å²) >= 11 is 0. The van der Waals surface area contributed by atoms with Crippen molar-refractivity contribution in [1.29, 1.82) is 0 Å². The summed E-state index contributed by atoms with van der Waals surface area (Å²) in [5.74, 6) is -2.35. The van der Waals surface area contributed by atoms with Crippen molar-refractivity contribution in [1.82, 2.24) is 10.3 Å². The number of para-hydroxylation sites is 1. The number of rotatable bonds is 4. The summed E-state index contributed by atoms with van der Waals surface area (Å²) in [5.41, 5.74) is 5.46. The van der Waals surface area contributed by atoms with Crippen LogP contribution in [0.4, 0.5) is 5.69 Å². The third-order valence-corrected chi connectivity index (χ3v) is 5.09. The van der Waals surface area contributed by atoms with Gasteiger partial charge in [-0.25, -0.2) is 9.78 Å². The van der Waals surface area contributed by atoms with Crippen LogP contribution in [-0.4, -0.2) is 29.5 Å². The molecular formula is C20H25N3O3. The van der Waals surface area contributed by atoms with Crippen LogP contribution in [-0.2, 0) is 9.53 Å². The number of nitrogens with zero attached hydrogens (tertiary/aromatic N) is 1. The van der Waals surface area contributed by atoms with Gasteiger partial charge in [0.15, 0.2) is 5.69 Å². The van der Waals surface area contributed by atoms with Crippen LogP contribution < -0.4 is 11.1 Å². The van der Waals surface area contributed by atoms with E-state index in [-0.39, 0.29) is 11.4 Å². The minimum Gasteiger partial charge on any atom is -0.467 e. The number of hydrogen-bond donors (Lipinski definition) is 2. The van der Waals surface area contributed by atoms with Gasteiger partial charge in [-0.05, 0) is 37.8 Å². The molecule has 6 heteroatoms. The molecule has 1 fully saturated rings. The Morgan fingerprint density at radius 2 is 2.00 bits per heavy atom. The molecule has 138 valence electrons. The lowest BCUT2D eigenvalue weighted by Gasteiger charge is -2.38. The highest BCUT2D eigenvalue weighted by Gasteiger charge is 2.44. The van der Waals surface area contributed by atoms with Gasteiger partial charge in [0, 0.05) is 6.76 Å². The van der Waals surface area contributed by atoms with Crippen LogP contribution in [0.1, 0.15) is 50.9 Å². The Labute approximate surface area is 154 Å². The number of hydrogen-bond acceptors (Lipinski definition) is 5. The third-order valence-electron chi connectivity index (χ3n) is 5.09. The normalized spacial score (nSPS) is 19.2. The van der Waals surface area contributed by atoms with Crippen LogP contribution in [0, 0.1) is 5.89 Å². The van der Waals surface area contributed by atoms with Gasteiger partial charge < -0.3 is 15.8 Å². The second-order valence-corrected chi connectivity index (χ2v) is 6.85. The minimum atomic E-state index is -1.49.